The number of hydrogen-bond donors (Lipinski definition) is 6. The first-order chi connectivity index (χ1) is 11.6. The zero-order valence-corrected chi connectivity index (χ0v) is 12.9. The van der Waals surface area contributed by atoms with Gasteiger partial charge in [-0.3, -0.25) is 0 Å². The van der Waals surface area contributed by atoms with Gasteiger partial charge in [-0.05, 0) is 23.8 Å². The highest BCUT2D eigenvalue weighted by molar-refractivity contribution is 5.87. The first-order valence-corrected chi connectivity index (χ1v) is 7.35. The summed E-state index contributed by atoms with van der Waals surface area (Å²) >= 11 is 0. The average molecular weight is 354 g/mol. The van der Waals surface area contributed by atoms with Gasteiger partial charge in [0.15, 0.2) is 17.1 Å². The van der Waals surface area contributed by atoms with Gasteiger partial charge in [0.1, 0.15) is 12.2 Å². The van der Waals surface area contributed by atoms with Crippen molar-refractivity contribution in [3.63, 3.8) is 0 Å². The number of carbonyl (C=O) groups excluding carboxylic acids is 1. The van der Waals surface area contributed by atoms with Crippen LogP contribution < -0.4 is 0 Å². The van der Waals surface area contributed by atoms with Crippen molar-refractivity contribution in [3.05, 3.63) is 29.8 Å². The molecule has 1 aromatic rings. The van der Waals surface area contributed by atoms with Gasteiger partial charge in [0.05, 0.1) is 6.10 Å². The van der Waals surface area contributed by atoms with Crippen molar-refractivity contribution in [2.45, 2.75) is 36.8 Å². The largest absolute Gasteiger partial charge is 0.504 e. The van der Waals surface area contributed by atoms with Gasteiger partial charge < -0.3 is 35.4 Å². The van der Waals surface area contributed by atoms with E-state index in [0.29, 0.717) is 5.56 Å². The molecule has 9 nitrogen and oxygen atoms in total. The van der Waals surface area contributed by atoms with Gasteiger partial charge in [-0.25, -0.2) is 9.59 Å². The molecule has 1 aliphatic rings. The van der Waals surface area contributed by atoms with Crippen LogP contribution in [0.15, 0.2) is 24.3 Å². The Hall–Kier alpha value is -2.62. The summed E-state index contributed by atoms with van der Waals surface area (Å²) in [6.45, 7) is 0. The highest BCUT2D eigenvalue weighted by Gasteiger charge is 2.50. The molecule has 25 heavy (non-hydrogen) atoms. The van der Waals surface area contributed by atoms with Crippen LogP contribution in [0, 0.1) is 0 Å². The van der Waals surface area contributed by atoms with E-state index in [1.54, 1.807) is 0 Å². The van der Waals surface area contributed by atoms with Crippen molar-refractivity contribution in [3.8, 4) is 11.5 Å². The Bertz CT molecular complexity index is 699. The van der Waals surface area contributed by atoms with Crippen molar-refractivity contribution in [2.75, 3.05) is 0 Å². The zero-order valence-electron chi connectivity index (χ0n) is 12.9. The van der Waals surface area contributed by atoms with Gasteiger partial charge in [0.2, 0.25) is 0 Å². The molecule has 0 heterocycles. The minimum atomic E-state index is -2.31. The van der Waals surface area contributed by atoms with E-state index in [-0.39, 0.29) is 11.5 Å². The maximum Gasteiger partial charge on any atom is 0.335 e. The molecule has 0 spiro atoms. The van der Waals surface area contributed by atoms with Crippen LogP contribution in [0.25, 0.3) is 6.08 Å². The van der Waals surface area contributed by atoms with Gasteiger partial charge >= 0.3 is 11.9 Å². The van der Waals surface area contributed by atoms with Crippen LogP contribution in [0.4, 0.5) is 0 Å². The summed E-state index contributed by atoms with van der Waals surface area (Å²) in [6.07, 6.45) is -3.44. The first-order valence-electron chi connectivity index (χ1n) is 7.35. The van der Waals surface area contributed by atoms with E-state index in [1.807, 2.05) is 0 Å². The average Bonchev–Trinajstić information content (AvgIpc) is 2.53. The molecular formula is C16H18O9. The summed E-state index contributed by atoms with van der Waals surface area (Å²) in [7, 11) is 0. The van der Waals surface area contributed by atoms with Gasteiger partial charge in [0.25, 0.3) is 0 Å². The number of carboxylic acid groups (broad SMARTS) is 1. The number of benzene rings is 1. The van der Waals surface area contributed by atoms with E-state index in [9.17, 15) is 35.1 Å². The highest BCUT2D eigenvalue weighted by atomic mass is 16.6. The fourth-order valence-corrected chi connectivity index (χ4v) is 2.53. The van der Waals surface area contributed by atoms with Crippen LogP contribution >= 0.6 is 0 Å². The van der Waals surface area contributed by atoms with E-state index < -0.39 is 48.7 Å². The van der Waals surface area contributed by atoms with E-state index in [1.165, 1.54) is 24.3 Å². The highest BCUT2D eigenvalue weighted by Crippen LogP contribution is 2.31. The van der Waals surface area contributed by atoms with Crippen LogP contribution in [0.2, 0.25) is 0 Å². The van der Waals surface area contributed by atoms with Crippen LogP contribution in [0.5, 0.6) is 11.5 Å². The predicted octanol–water partition coefficient (Wildman–Crippen LogP) is -0.646. The molecule has 0 bridgehead atoms. The molecule has 0 aliphatic heterocycles. The Kier molecular flexibility index (Phi) is 5.31. The van der Waals surface area contributed by atoms with Crippen LogP contribution in [-0.4, -0.2) is 66.5 Å². The number of aromatic hydroxyl groups is 2. The zero-order chi connectivity index (χ0) is 18.8. The van der Waals surface area contributed by atoms with E-state index in [4.69, 9.17) is 9.84 Å². The van der Waals surface area contributed by atoms with Crippen LogP contribution in [-0.2, 0) is 14.3 Å². The number of aliphatic carboxylic acids is 1. The lowest BCUT2D eigenvalue weighted by atomic mass is 9.79. The van der Waals surface area contributed by atoms with Crippen LogP contribution in [0.3, 0.4) is 0 Å². The van der Waals surface area contributed by atoms with E-state index >= 15 is 0 Å². The number of hydrogen-bond acceptors (Lipinski definition) is 8. The number of carbonyl (C=O) groups is 2. The second-order valence-electron chi connectivity index (χ2n) is 5.86. The molecule has 9 heteroatoms. The Morgan fingerprint density at radius 2 is 1.84 bits per heavy atom. The second kappa shape index (κ2) is 7.09. The Labute approximate surface area is 142 Å². The Morgan fingerprint density at radius 3 is 2.44 bits per heavy atom. The summed E-state index contributed by atoms with van der Waals surface area (Å²) in [5.41, 5.74) is -1.94. The number of aliphatic hydroxyl groups excluding tert-OH is 2. The second-order valence-corrected chi connectivity index (χ2v) is 5.86. The van der Waals surface area contributed by atoms with E-state index in [0.717, 1.165) is 6.08 Å². The van der Waals surface area contributed by atoms with Crippen molar-refractivity contribution in [1.82, 2.24) is 0 Å². The summed E-state index contributed by atoms with van der Waals surface area (Å²) in [6, 6.07) is 3.83. The van der Waals surface area contributed by atoms with Crippen molar-refractivity contribution >= 4 is 18.0 Å². The lowest BCUT2D eigenvalue weighted by molar-refractivity contribution is -0.196. The fraction of sp³-hybridized carbons (Fsp3) is 0.375. The molecule has 2 rings (SSSR count). The van der Waals surface area contributed by atoms with Gasteiger partial charge in [-0.15, -0.1) is 0 Å². The standard InChI is InChI=1S/C16H18O9/c17-9-3-1-8(5-10(9)18)2-4-13(20)25-12-7-16(24,15(22)23)6-11(19)14(12)21/h1-5,11-12,14,17-19,21,24H,6-7H2,(H,22,23)/b4-2+/t11-,12+,14-,16-/m0/s1. The predicted molar refractivity (Wildman–Crippen MR) is 82.5 cm³/mol. The molecule has 0 saturated heterocycles. The van der Waals surface area contributed by atoms with Gasteiger partial charge in [-0.1, -0.05) is 6.07 Å². The van der Waals surface area contributed by atoms with Crippen LogP contribution in [0.1, 0.15) is 18.4 Å². The molecule has 1 aliphatic carbocycles. The summed E-state index contributed by atoms with van der Waals surface area (Å²) in [5.74, 6) is -3.24. The number of aliphatic hydroxyl groups is 3. The fourth-order valence-electron chi connectivity index (χ4n) is 2.53. The van der Waals surface area contributed by atoms with Gasteiger partial charge in [0, 0.05) is 18.9 Å². The number of carboxylic acids is 1. The minimum Gasteiger partial charge on any atom is -0.504 e. The monoisotopic (exact) mass is 354 g/mol. The quantitative estimate of drug-likeness (QED) is 0.234. The summed E-state index contributed by atoms with van der Waals surface area (Å²) in [5, 5.41) is 57.0. The summed E-state index contributed by atoms with van der Waals surface area (Å²) < 4.78 is 4.92. The molecule has 1 fully saturated rings. The molecule has 4 atom stereocenters. The molecule has 6 N–H and O–H groups in total. The van der Waals surface area contributed by atoms with E-state index in [2.05, 4.69) is 0 Å². The van der Waals surface area contributed by atoms with Crippen molar-refractivity contribution < 1.29 is 45.0 Å². The molecule has 1 saturated carbocycles. The normalized spacial score (nSPS) is 29.5. The maximum absolute atomic E-state index is 11.8. The number of phenols is 2. The third-order valence-electron chi connectivity index (χ3n) is 3.94. The third-order valence-corrected chi connectivity index (χ3v) is 3.94. The number of rotatable bonds is 4. The number of esters is 1. The summed E-state index contributed by atoms with van der Waals surface area (Å²) in [4.78, 5) is 22.9. The maximum atomic E-state index is 11.8. The molecule has 1 aromatic carbocycles. The molecule has 136 valence electrons. The molecule has 0 amide bonds. The third kappa shape index (κ3) is 4.27. The van der Waals surface area contributed by atoms with Gasteiger partial charge in [-0.2, -0.15) is 0 Å². The number of phenolic OH excluding ortho intramolecular Hbond substituents is 2. The first kappa shape index (κ1) is 18.7. The molecule has 0 radical (unpaired) electrons. The smallest absolute Gasteiger partial charge is 0.335 e. The minimum absolute atomic E-state index is 0.327. The molecule has 0 aromatic heterocycles. The lowest BCUT2D eigenvalue weighted by Gasteiger charge is -2.39. The topological polar surface area (TPSA) is 165 Å². The molecular weight excluding hydrogens is 336 g/mol. The Balaban J connectivity index is 2.06. The van der Waals surface area contributed by atoms with Crippen molar-refractivity contribution in [1.29, 1.82) is 0 Å². The van der Waals surface area contributed by atoms with Crippen molar-refractivity contribution in [2.24, 2.45) is 0 Å². The molecule has 0 unspecified atom stereocenters. The lowest BCUT2D eigenvalue weighted by Crippen LogP contribution is -2.57. The Morgan fingerprint density at radius 1 is 1.16 bits per heavy atom. The number of ether oxygens (including phenoxy) is 1. The SMILES string of the molecule is O=C(/C=C/c1ccc(O)c(O)c1)O[C@@H]1C[C@](O)(C(=O)O)C[C@H](O)[C@@H]1O.